The Balaban J connectivity index is 2.10. The molecule has 0 saturated carbocycles. The van der Waals surface area contributed by atoms with Crippen molar-refractivity contribution >= 4 is 17.7 Å². The van der Waals surface area contributed by atoms with Crippen molar-refractivity contribution in [2.24, 2.45) is 5.92 Å². The number of nitrogens with one attached hydrogen (secondary N) is 3. The fraction of sp³-hybridized carbons (Fsp3) is 0.679. The number of hydrogen-bond donors (Lipinski definition) is 5. The third-order valence-electron chi connectivity index (χ3n) is 6.74. The monoisotopic (exact) mass is 503 g/mol. The number of aromatic hydroxyl groups is 1. The zero-order valence-corrected chi connectivity index (χ0v) is 21.9. The van der Waals surface area contributed by atoms with Gasteiger partial charge in [0.25, 0.3) is 0 Å². The highest BCUT2D eigenvalue weighted by atomic mass is 16.3. The van der Waals surface area contributed by atoms with Gasteiger partial charge in [-0.15, -0.1) is 0 Å². The summed E-state index contributed by atoms with van der Waals surface area (Å²) < 4.78 is 0. The van der Waals surface area contributed by atoms with Crippen molar-refractivity contribution < 1.29 is 24.6 Å². The van der Waals surface area contributed by atoms with Gasteiger partial charge in [-0.25, -0.2) is 0 Å². The summed E-state index contributed by atoms with van der Waals surface area (Å²) in [7, 11) is 0. The topological polar surface area (TPSA) is 128 Å². The molecule has 202 valence electrons. The van der Waals surface area contributed by atoms with E-state index in [1.165, 1.54) is 12.8 Å². The summed E-state index contributed by atoms with van der Waals surface area (Å²) in [5, 5.41) is 29.1. The maximum absolute atomic E-state index is 12.8. The standard InChI is InChI=1S/C28H45N3O5/c1-20(2)27-28(36)29-17-11-9-7-5-3-4-6-8-10-12-25(34)30-23(24(33)19-26(35)31-27)18-21-13-15-22(32)16-14-21/h13-16,20,23-24,27,32-33H,3-12,17-19H2,1-2H3,(H,29,36)(H,30,34)(H,31,35)/t23-,24-,27-/m0/s1. The SMILES string of the molecule is CC(C)[C@@H]1NC(=O)C[C@H](O)[C@H](Cc2ccc(O)cc2)NC(=O)CCCCCCCCCCCNC1=O. The van der Waals surface area contributed by atoms with Crippen molar-refractivity contribution in [3.05, 3.63) is 29.8 Å². The van der Waals surface area contributed by atoms with Crippen molar-refractivity contribution in [2.45, 2.75) is 109 Å². The second-order valence-corrected chi connectivity index (χ2v) is 10.3. The Labute approximate surface area is 215 Å². The van der Waals surface area contributed by atoms with Crippen LogP contribution in [0, 0.1) is 5.92 Å². The molecule has 5 N–H and O–H groups in total. The molecule has 3 amide bonds. The lowest BCUT2D eigenvalue weighted by atomic mass is 9.97. The normalized spacial score (nSPS) is 24.8. The molecule has 1 fully saturated rings. The number of phenolic OH excluding ortho intramolecular Hbond substituents is 1. The van der Waals surface area contributed by atoms with E-state index in [1.54, 1.807) is 24.3 Å². The van der Waals surface area contributed by atoms with Gasteiger partial charge in [0, 0.05) is 13.0 Å². The van der Waals surface area contributed by atoms with Crippen LogP contribution in [0.4, 0.5) is 0 Å². The summed E-state index contributed by atoms with van der Waals surface area (Å²) in [6.45, 7) is 4.33. The molecule has 8 heteroatoms. The fourth-order valence-electron chi connectivity index (χ4n) is 4.52. The Bertz CT molecular complexity index is 812. The first-order valence-electron chi connectivity index (χ1n) is 13.6. The second-order valence-electron chi connectivity index (χ2n) is 10.3. The van der Waals surface area contributed by atoms with Gasteiger partial charge in [-0.3, -0.25) is 14.4 Å². The van der Waals surface area contributed by atoms with Crippen LogP contribution < -0.4 is 16.0 Å². The average molecular weight is 504 g/mol. The highest BCUT2D eigenvalue weighted by Crippen LogP contribution is 2.15. The first-order valence-corrected chi connectivity index (χ1v) is 13.6. The number of carbonyl (C=O) groups excluding carboxylic acids is 3. The number of amides is 3. The van der Waals surface area contributed by atoms with Gasteiger partial charge in [0.15, 0.2) is 0 Å². The third kappa shape index (κ3) is 11.4. The van der Waals surface area contributed by atoms with E-state index < -0.39 is 24.1 Å². The molecule has 0 unspecified atom stereocenters. The molecule has 1 aliphatic rings. The van der Waals surface area contributed by atoms with E-state index in [0.717, 1.165) is 50.5 Å². The molecule has 1 aromatic carbocycles. The first-order chi connectivity index (χ1) is 17.3. The van der Waals surface area contributed by atoms with Gasteiger partial charge in [-0.2, -0.15) is 0 Å². The summed E-state index contributed by atoms with van der Waals surface area (Å²) >= 11 is 0. The Morgan fingerprint density at radius 3 is 2.03 bits per heavy atom. The number of benzene rings is 1. The Morgan fingerprint density at radius 2 is 1.42 bits per heavy atom. The van der Waals surface area contributed by atoms with Crippen molar-refractivity contribution in [3.63, 3.8) is 0 Å². The number of carbonyl (C=O) groups is 3. The Kier molecular flexibility index (Phi) is 13.3. The zero-order chi connectivity index (χ0) is 26.3. The van der Waals surface area contributed by atoms with Crippen LogP contribution in [-0.4, -0.2) is 52.7 Å². The Hall–Kier alpha value is -2.61. The smallest absolute Gasteiger partial charge is 0.242 e. The van der Waals surface area contributed by atoms with Crippen LogP contribution in [0.25, 0.3) is 0 Å². The Morgan fingerprint density at radius 1 is 0.833 bits per heavy atom. The van der Waals surface area contributed by atoms with E-state index in [0.29, 0.717) is 19.4 Å². The molecule has 2 rings (SSSR count). The molecule has 0 radical (unpaired) electrons. The molecule has 0 aliphatic carbocycles. The lowest BCUT2D eigenvalue weighted by Gasteiger charge is -2.26. The van der Waals surface area contributed by atoms with Gasteiger partial charge >= 0.3 is 0 Å². The summed E-state index contributed by atoms with van der Waals surface area (Å²) in [4.78, 5) is 38.2. The van der Waals surface area contributed by atoms with Crippen molar-refractivity contribution in [1.29, 1.82) is 0 Å². The zero-order valence-electron chi connectivity index (χ0n) is 21.9. The minimum Gasteiger partial charge on any atom is -0.508 e. The maximum Gasteiger partial charge on any atom is 0.242 e. The molecule has 1 aromatic rings. The molecule has 1 aliphatic heterocycles. The molecular weight excluding hydrogens is 458 g/mol. The minimum absolute atomic E-state index is 0.111. The molecule has 3 atom stereocenters. The van der Waals surface area contributed by atoms with E-state index in [1.807, 2.05) is 13.8 Å². The number of aliphatic hydroxyl groups is 1. The number of rotatable bonds is 3. The van der Waals surface area contributed by atoms with Crippen LogP contribution in [0.2, 0.25) is 0 Å². The van der Waals surface area contributed by atoms with Crippen LogP contribution >= 0.6 is 0 Å². The van der Waals surface area contributed by atoms with Gasteiger partial charge in [-0.1, -0.05) is 70.9 Å². The van der Waals surface area contributed by atoms with Gasteiger partial charge in [0.2, 0.25) is 17.7 Å². The third-order valence-corrected chi connectivity index (χ3v) is 6.74. The molecule has 8 nitrogen and oxygen atoms in total. The van der Waals surface area contributed by atoms with Crippen LogP contribution in [0.15, 0.2) is 24.3 Å². The van der Waals surface area contributed by atoms with Gasteiger partial charge in [0.05, 0.1) is 18.6 Å². The van der Waals surface area contributed by atoms with Gasteiger partial charge in [-0.05, 0) is 42.9 Å². The molecular formula is C28H45N3O5. The quantitative estimate of drug-likeness (QED) is 0.432. The fourth-order valence-corrected chi connectivity index (χ4v) is 4.52. The molecule has 36 heavy (non-hydrogen) atoms. The molecule has 1 saturated heterocycles. The minimum atomic E-state index is -1.13. The van der Waals surface area contributed by atoms with Crippen LogP contribution in [0.1, 0.15) is 90.0 Å². The van der Waals surface area contributed by atoms with Crippen LogP contribution in [0.3, 0.4) is 0 Å². The van der Waals surface area contributed by atoms with Crippen LogP contribution in [-0.2, 0) is 20.8 Å². The second kappa shape index (κ2) is 16.2. The molecule has 0 aromatic heterocycles. The van der Waals surface area contributed by atoms with Crippen LogP contribution in [0.5, 0.6) is 5.75 Å². The largest absolute Gasteiger partial charge is 0.508 e. The predicted molar refractivity (Wildman–Crippen MR) is 140 cm³/mol. The van der Waals surface area contributed by atoms with E-state index in [9.17, 15) is 24.6 Å². The van der Waals surface area contributed by atoms with Crippen molar-refractivity contribution in [3.8, 4) is 5.75 Å². The number of aliphatic hydroxyl groups excluding tert-OH is 1. The van der Waals surface area contributed by atoms with E-state index in [2.05, 4.69) is 16.0 Å². The first kappa shape index (κ1) is 29.6. The number of hydrogen-bond acceptors (Lipinski definition) is 5. The summed E-state index contributed by atoms with van der Waals surface area (Å²) in [5.74, 6) is -0.781. The highest BCUT2D eigenvalue weighted by molar-refractivity contribution is 5.88. The molecule has 0 spiro atoms. The van der Waals surface area contributed by atoms with Gasteiger partial charge in [0.1, 0.15) is 11.8 Å². The highest BCUT2D eigenvalue weighted by Gasteiger charge is 2.28. The lowest BCUT2D eigenvalue weighted by molar-refractivity contribution is -0.131. The average Bonchev–Trinajstić information content (AvgIpc) is 2.83. The van der Waals surface area contributed by atoms with Gasteiger partial charge < -0.3 is 26.2 Å². The number of phenols is 1. The molecule has 1 heterocycles. The predicted octanol–water partition coefficient (Wildman–Crippen LogP) is 3.34. The lowest BCUT2D eigenvalue weighted by Crippen LogP contribution is -2.52. The van der Waals surface area contributed by atoms with Crippen molar-refractivity contribution in [2.75, 3.05) is 6.54 Å². The molecule has 0 bridgehead atoms. The summed E-state index contributed by atoms with van der Waals surface area (Å²) in [5.41, 5.74) is 0.822. The van der Waals surface area contributed by atoms with Crippen molar-refractivity contribution in [1.82, 2.24) is 16.0 Å². The maximum atomic E-state index is 12.8. The van der Waals surface area contributed by atoms with E-state index in [-0.39, 0.29) is 29.9 Å². The van der Waals surface area contributed by atoms with E-state index >= 15 is 0 Å². The van der Waals surface area contributed by atoms with E-state index in [4.69, 9.17) is 0 Å². The summed E-state index contributed by atoms with van der Waals surface area (Å²) in [6, 6.07) is 5.20. The summed E-state index contributed by atoms with van der Waals surface area (Å²) in [6.07, 6.45) is 8.83.